The number of benzene rings is 2. The van der Waals surface area contributed by atoms with Crippen LogP contribution in [0.1, 0.15) is 68.7 Å². The number of carbonyl (C=O) groups is 1. The van der Waals surface area contributed by atoms with Crippen molar-refractivity contribution >= 4 is 17.3 Å². The smallest absolute Gasteiger partial charge is 0.341 e. The van der Waals surface area contributed by atoms with Crippen LogP contribution in [0.5, 0.6) is 11.5 Å². The molecule has 0 N–H and O–H groups in total. The largest absolute Gasteiger partial charge is 0.493 e. The van der Waals surface area contributed by atoms with Gasteiger partial charge in [0, 0.05) is 73.4 Å². The zero-order valence-corrected chi connectivity index (χ0v) is 24.1. The highest BCUT2D eigenvalue weighted by atomic mass is 16.6. The summed E-state index contributed by atoms with van der Waals surface area (Å²) < 4.78 is 19.0. The Labute approximate surface area is 232 Å². The van der Waals surface area contributed by atoms with Crippen LogP contribution in [0.15, 0.2) is 54.7 Å². The molecule has 0 bridgehead atoms. The van der Waals surface area contributed by atoms with Gasteiger partial charge < -0.3 is 24.0 Å². The Morgan fingerprint density at radius 2 is 1.31 bits per heavy atom. The molecule has 0 unspecified atom stereocenters. The van der Waals surface area contributed by atoms with Crippen LogP contribution in [0.2, 0.25) is 0 Å². The summed E-state index contributed by atoms with van der Waals surface area (Å²) in [5.74, 6) is 0.962. The van der Waals surface area contributed by atoms with Gasteiger partial charge in [-0.15, -0.1) is 0 Å². The number of rotatable bonds is 12. The van der Waals surface area contributed by atoms with E-state index in [9.17, 15) is 4.79 Å². The monoisotopic (exact) mass is 531 g/mol. The first-order chi connectivity index (χ1) is 19.0. The number of cyclic esters (lactones) is 1. The number of pyridine rings is 1. The van der Waals surface area contributed by atoms with E-state index in [4.69, 9.17) is 14.2 Å². The topological polar surface area (TPSA) is 64.1 Å². The lowest BCUT2D eigenvalue weighted by atomic mass is 9.78. The van der Waals surface area contributed by atoms with Gasteiger partial charge in [0.25, 0.3) is 0 Å². The van der Waals surface area contributed by atoms with Gasteiger partial charge in [-0.2, -0.15) is 0 Å². The minimum atomic E-state index is -1.18. The second-order valence-corrected chi connectivity index (χ2v) is 9.46. The predicted molar refractivity (Wildman–Crippen MR) is 156 cm³/mol. The van der Waals surface area contributed by atoms with Gasteiger partial charge in [0.05, 0.1) is 24.5 Å². The first-order valence-electron chi connectivity index (χ1n) is 14.2. The third kappa shape index (κ3) is 5.40. The summed E-state index contributed by atoms with van der Waals surface area (Å²) in [5.41, 5.74) is 3.68. The molecule has 2 heterocycles. The molecule has 2 aromatic carbocycles. The van der Waals surface area contributed by atoms with Gasteiger partial charge in [0.1, 0.15) is 11.5 Å². The summed E-state index contributed by atoms with van der Waals surface area (Å²) in [5, 5.41) is 0. The molecule has 39 heavy (non-hydrogen) atoms. The molecule has 0 saturated heterocycles. The van der Waals surface area contributed by atoms with Gasteiger partial charge in [0.15, 0.2) is 5.60 Å². The van der Waals surface area contributed by atoms with Crippen molar-refractivity contribution in [1.82, 2.24) is 4.98 Å². The Morgan fingerprint density at radius 1 is 0.795 bits per heavy atom. The molecule has 4 rings (SSSR count). The lowest BCUT2D eigenvalue weighted by Crippen LogP contribution is -2.41. The van der Waals surface area contributed by atoms with Gasteiger partial charge in [-0.1, -0.05) is 0 Å². The van der Waals surface area contributed by atoms with Crippen molar-refractivity contribution < 1.29 is 19.0 Å². The van der Waals surface area contributed by atoms with E-state index in [2.05, 4.69) is 66.7 Å². The zero-order chi connectivity index (χ0) is 28.0. The van der Waals surface area contributed by atoms with Crippen LogP contribution >= 0.6 is 0 Å². The molecular formula is C32H41N3O4. The number of esters is 1. The molecule has 1 aliphatic heterocycles. The fraction of sp³-hybridized carbons (Fsp3) is 0.438. The molecule has 0 aliphatic carbocycles. The molecule has 0 saturated carbocycles. The second-order valence-electron chi connectivity index (χ2n) is 9.46. The molecule has 0 atom stereocenters. The van der Waals surface area contributed by atoms with E-state index in [0.29, 0.717) is 42.4 Å². The normalized spacial score (nSPS) is 13.8. The number of carbonyl (C=O) groups excluding carboxylic acids is 1. The van der Waals surface area contributed by atoms with Crippen LogP contribution in [0.4, 0.5) is 11.4 Å². The van der Waals surface area contributed by atoms with Crippen molar-refractivity contribution in [3.05, 3.63) is 77.1 Å². The third-order valence-corrected chi connectivity index (χ3v) is 7.45. The molecule has 0 fully saturated rings. The Kier molecular flexibility index (Phi) is 9.00. The van der Waals surface area contributed by atoms with Gasteiger partial charge >= 0.3 is 5.97 Å². The Balaban J connectivity index is 2.00. The third-order valence-electron chi connectivity index (χ3n) is 7.45. The first-order valence-corrected chi connectivity index (χ1v) is 14.2. The van der Waals surface area contributed by atoms with E-state index < -0.39 is 11.6 Å². The molecular weight excluding hydrogens is 490 g/mol. The van der Waals surface area contributed by atoms with Crippen molar-refractivity contribution in [1.29, 1.82) is 0 Å². The van der Waals surface area contributed by atoms with Gasteiger partial charge in [-0.05, 0) is 77.9 Å². The summed E-state index contributed by atoms with van der Waals surface area (Å²) in [7, 11) is 0. The minimum Gasteiger partial charge on any atom is -0.493 e. The molecule has 0 amide bonds. The number of anilines is 2. The molecule has 1 aliphatic rings. The van der Waals surface area contributed by atoms with Crippen molar-refractivity contribution in [2.45, 2.75) is 53.6 Å². The minimum absolute atomic E-state index is 0.365. The predicted octanol–water partition coefficient (Wildman–Crippen LogP) is 6.23. The number of ether oxygens (including phenoxy) is 3. The molecule has 3 aromatic rings. The summed E-state index contributed by atoms with van der Waals surface area (Å²) >= 11 is 0. The van der Waals surface area contributed by atoms with E-state index in [1.54, 1.807) is 18.3 Å². The molecule has 208 valence electrons. The van der Waals surface area contributed by atoms with Crippen LogP contribution < -0.4 is 19.3 Å². The number of fused-ring (bicyclic) bond motifs is 1. The Hall–Kier alpha value is -3.74. The van der Waals surface area contributed by atoms with Crippen LogP contribution in [0, 0.1) is 0 Å². The lowest BCUT2D eigenvalue weighted by molar-refractivity contribution is -0.0102. The summed E-state index contributed by atoms with van der Waals surface area (Å²) in [6, 6.07) is 15.9. The van der Waals surface area contributed by atoms with Gasteiger partial charge in [0.2, 0.25) is 0 Å². The molecule has 7 nitrogen and oxygen atoms in total. The quantitative estimate of drug-likeness (QED) is 0.257. The molecule has 0 radical (unpaired) electrons. The van der Waals surface area contributed by atoms with Gasteiger partial charge in [-0.25, -0.2) is 4.79 Å². The number of aromatic nitrogens is 1. The maximum Gasteiger partial charge on any atom is 0.341 e. The van der Waals surface area contributed by atoms with E-state index in [1.165, 1.54) is 0 Å². The Morgan fingerprint density at radius 3 is 1.77 bits per heavy atom. The SMILES string of the molecule is CCOc1cc(N(CC)CC)ccc1C1(c2ccc(N(CC)CC)cc2OCC)Cc2ncccc2C(=O)O1. The van der Waals surface area contributed by atoms with Crippen LogP contribution in [0.3, 0.4) is 0 Å². The molecule has 0 spiro atoms. The van der Waals surface area contributed by atoms with Crippen LogP contribution in [-0.2, 0) is 16.8 Å². The fourth-order valence-electron chi connectivity index (χ4n) is 5.51. The van der Waals surface area contributed by atoms with Gasteiger partial charge in [-0.3, -0.25) is 4.98 Å². The van der Waals surface area contributed by atoms with E-state index in [0.717, 1.165) is 48.7 Å². The number of hydrogen-bond acceptors (Lipinski definition) is 7. The maximum atomic E-state index is 13.6. The lowest BCUT2D eigenvalue weighted by Gasteiger charge is -2.40. The average Bonchev–Trinajstić information content (AvgIpc) is 2.95. The maximum absolute atomic E-state index is 13.6. The first kappa shape index (κ1) is 28.3. The summed E-state index contributed by atoms with van der Waals surface area (Å²) in [4.78, 5) is 22.7. The van der Waals surface area contributed by atoms with E-state index in [-0.39, 0.29) is 0 Å². The summed E-state index contributed by atoms with van der Waals surface area (Å²) in [6.07, 6.45) is 2.09. The van der Waals surface area contributed by atoms with Crippen LogP contribution in [-0.4, -0.2) is 50.3 Å². The van der Waals surface area contributed by atoms with E-state index in [1.807, 2.05) is 26.0 Å². The number of nitrogens with zero attached hydrogens (tertiary/aromatic N) is 3. The van der Waals surface area contributed by atoms with E-state index >= 15 is 0 Å². The highest BCUT2D eigenvalue weighted by molar-refractivity contribution is 5.92. The fourth-order valence-corrected chi connectivity index (χ4v) is 5.51. The zero-order valence-electron chi connectivity index (χ0n) is 24.1. The second kappa shape index (κ2) is 12.4. The standard InChI is InChI=1S/C32H41N3O4/c1-7-34(8-2)23-15-17-26(29(20-23)37-11-5)32(22-28-25(31(36)39-32)14-13-19-33-28)27-18-16-24(35(9-3)10-4)21-30(27)38-12-6/h13-21H,7-12,22H2,1-6H3. The summed E-state index contributed by atoms with van der Waals surface area (Å²) in [6.45, 7) is 16.9. The van der Waals surface area contributed by atoms with Crippen molar-refractivity contribution in [2.24, 2.45) is 0 Å². The Bertz CT molecular complexity index is 1220. The average molecular weight is 532 g/mol. The molecule has 1 aromatic heterocycles. The number of hydrogen-bond donors (Lipinski definition) is 0. The van der Waals surface area contributed by atoms with Crippen molar-refractivity contribution in [2.75, 3.05) is 49.2 Å². The van der Waals surface area contributed by atoms with Crippen molar-refractivity contribution in [3.8, 4) is 11.5 Å². The van der Waals surface area contributed by atoms with Crippen molar-refractivity contribution in [3.63, 3.8) is 0 Å². The highest BCUT2D eigenvalue weighted by Gasteiger charge is 2.48. The molecule has 7 heteroatoms. The highest BCUT2D eigenvalue weighted by Crippen LogP contribution is 2.49. The van der Waals surface area contributed by atoms with Crippen LogP contribution in [0.25, 0.3) is 0 Å².